The van der Waals surface area contributed by atoms with Gasteiger partial charge in [-0.05, 0) is 24.3 Å². The summed E-state index contributed by atoms with van der Waals surface area (Å²) >= 11 is 1.79. The zero-order chi connectivity index (χ0) is 18.4. The van der Waals surface area contributed by atoms with Crippen molar-refractivity contribution in [1.82, 2.24) is 15.5 Å². The second kappa shape index (κ2) is 10.5. The number of carbonyl (C=O) groups is 1. The zero-order valence-electron chi connectivity index (χ0n) is 16.5. The SMILES string of the molecule is CN=C(NCC(C)(C)c1cccs1)NC1CCN(C(=O)C(C)C)CC1.I. The maximum atomic E-state index is 12.1. The van der Waals surface area contributed by atoms with E-state index in [0.29, 0.717) is 6.04 Å². The van der Waals surface area contributed by atoms with E-state index in [2.05, 4.69) is 47.0 Å². The van der Waals surface area contributed by atoms with Gasteiger partial charge in [-0.15, -0.1) is 35.3 Å². The zero-order valence-corrected chi connectivity index (χ0v) is 19.7. The van der Waals surface area contributed by atoms with Crippen molar-refractivity contribution in [3.8, 4) is 0 Å². The number of nitrogens with one attached hydrogen (secondary N) is 2. The Labute approximate surface area is 179 Å². The van der Waals surface area contributed by atoms with Crippen LogP contribution in [0.25, 0.3) is 0 Å². The Balaban J connectivity index is 0.00000338. The smallest absolute Gasteiger partial charge is 0.225 e. The fourth-order valence-corrected chi connectivity index (χ4v) is 3.90. The molecule has 0 saturated carbocycles. The lowest BCUT2D eigenvalue weighted by atomic mass is 9.91. The first-order chi connectivity index (χ1) is 11.8. The number of rotatable bonds is 5. The Bertz CT molecular complexity index is 578. The van der Waals surface area contributed by atoms with E-state index in [1.807, 2.05) is 25.8 Å². The van der Waals surface area contributed by atoms with Crippen molar-refractivity contribution in [3.05, 3.63) is 22.4 Å². The molecule has 5 nitrogen and oxygen atoms in total. The highest BCUT2D eigenvalue weighted by molar-refractivity contribution is 14.0. The lowest BCUT2D eigenvalue weighted by Crippen LogP contribution is -2.51. The minimum Gasteiger partial charge on any atom is -0.356 e. The molecule has 0 unspecified atom stereocenters. The normalized spacial score (nSPS) is 16.4. The van der Waals surface area contributed by atoms with Crippen LogP contribution in [0.3, 0.4) is 0 Å². The molecular formula is C19H33IN4OS. The van der Waals surface area contributed by atoms with Gasteiger partial charge in [-0.1, -0.05) is 33.8 Å². The molecule has 2 rings (SSSR count). The summed E-state index contributed by atoms with van der Waals surface area (Å²) in [4.78, 5) is 19.8. The molecule has 0 atom stereocenters. The van der Waals surface area contributed by atoms with Crippen molar-refractivity contribution in [1.29, 1.82) is 0 Å². The molecule has 0 bridgehead atoms. The number of carbonyl (C=O) groups excluding carboxylic acids is 1. The lowest BCUT2D eigenvalue weighted by molar-refractivity contribution is -0.135. The summed E-state index contributed by atoms with van der Waals surface area (Å²) in [5, 5.41) is 9.10. The van der Waals surface area contributed by atoms with Gasteiger partial charge in [0.1, 0.15) is 0 Å². The topological polar surface area (TPSA) is 56.7 Å². The van der Waals surface area contributed by atoms with Crippen molar-refractivity contribution in [2.24, 2.45) is 10.9 Å². The molecule has 7 heteroatoms. The Morgan fingerprint density at radius 1 is 1.38 bits per heavy atom. The molecule has 1 aliphatic rings. The van der Waals surface area contributed by atoms with Crippen molar-refractivity contribution in [2.75, 3.05) is 26.7 Å². The van der Waals surface area contributed by atoms with Crippen LogP contribution in [0.1, 0.15) is 45.4 Å². The van der Waals surface area contributed by atoms with Gasteiger partial charge >= 0.3 is 0 Å². The molecule has 26 heavy (non-hydrogen) atoms. The van der Waals surface area contributed by atoms with Gasteiger partial charge in [0.05, 0.1) is 0 Å². The quantitative estimate of drug-likeness (QED) is 0.376. The van der Waals surface area contributed by atoms with Crippen LogP contribution < -0.4 is 10.6 Å². The predicted molar refractivity (Wildman–Crippen MR) is 122 cm³/mol. The number of piperidine rings is 1. The second-order valence-electron chi connectivity index (χ2n) is 7.69. The van der Waals surface area contributed by atoms with E-state index in [-0.39, 0.29) is 41.2 Å². The van der Waals surface area contributed by atoms with Crippen molar-refractivity contribution < 1.29 is 4.79 Å². The average Bonchev–Trinajstić information content (AvgIpc) is 3.14. The summed E-state index contributed by atoms with van der Waals surface area (Å²) < 4.78 is 0. The summed E-state index contributed by atoms with van der Waals surface area (Å²) in [6.45, 7) is 10.9. The van der Waals surface area contributed by atoms with Gasteiger partial charge in [0.2, 0.25) is 5.91 Å². The van der Waals surface area contributed by atoms with E-state index in [1.54, 1.807) is 11.3 Å². The van der Waals surface area contributed by atoms with Gasteiger partial charge in [-0.2, -0.15) is 0 Å². The number of hydrogen-bond donors (Lipinski definition) is 2. The summed E-state index contributed by atoms with van der Waals surface area (Å²) in [5.41, 5.74) is 0.0683. The second-order valence-corrected chi connectivity index (χ2v) is 8.63. The molecule has 2 N–H and O–H groups in total. The fraction of sp³-hybridized carbons (Fsp3) is 0.684. The summed E-state index contributed by atoms with van der Waals surface area (Å²) in [6.07, 6.45) is 1.93. The minimum atomic E-state index is 0. The number of thiophene rings is 1. The molecule has 2 heterocycles. The van der Waals surface area contributed by atoms with E-state index in [1.165, 1.54) is 4.88 Å². The van der Waals surface area contributed by atoms with Crippen molar-refractivity contribution in [2.45, 2.75) is 52.0 Å². The largest absolute Gasteiger partial charge is 0.356 e. The molecule has 0 radical (unpaired) electrons. The van der Waals surface area contributed by atoms with E-state index >= 15 is 0 Å². The van der Waals surface area contributed by atoms with Gasteiger partial charge in [0.25, 0.3) is 0 Å². The van der Waals surface area contributed by atoms with Gasteiger partial charge in [-0.25, -0.2) is 0 Å². The van der Waals surface area contributed by atoms with Crippen molar-refractivity contribution in [3.63, 3.8) is 0 Å². The molecule has 1 fully saturated rings. The molecule has 0 aromatic carbocycles. The number of hydrogen-bond acceptors (Lipinski definition) is 3. The third-order valence-corrected chi connectivity index (χ3v) is 5.99. The fourth-order valence-electron chi connectivity index (χ4n) is 3.05. The highest BCUT2D eigenvalue weighted by Crippen LogP contribution is 2.26. The first-order valence-corrected chi connectivity index (χ1v) is 10.0. The average molecular weight is 492 g/mol. The lowest BCUT2D eigenvalue weighted by Gasteiger charge is -2.34. The third-order valence-electron chi connectivity index (χ3n) is 4.75. The van der Waals surface area contributed by atoms with Crippen LogP contribution >= 0.6 is 35.3 Å². The van der Waals surface area contributed by atoms with E-state index < -0.39 is 0 Å². The van der Waals surface area contributed by atoms with Crippen LogP contribution in [0, 0.1) is 5.92 Å². The van der Waals surface area contributed by atoms with Crippen LogP contribution in [-0.2, 0) is 10.2 Å². The molecule has 1 aromatic heterocycles. The van der Waals surface area contributed by atoms with Gasteiger partial charge in [-0.3, -0.25) is 9.79 Å². The molecule has 0 spiro atoms. The molecule has 148 valence electrons. The van der Waals surface area contributed by atoms with Crippen LogP contribution in [0.2, 0.25) is 0 Å². The van der Waals surface area contributed by atoms with Crippen LogP contribution in [0.5, 0.6) is 0 Å². The first kappa shape index (κ1) is 23.2. The number of aliphatic imine (C=N–C) groups is 1. The number of guanidine groups is 1. The third kappa shape index (κ3) is 6.40. The molecule has 1 amide bonds. The summed E-state index contributed by atoms with van der Waals surface area (Å²) in [6, 6.07) is 4.65. The van der Waals surface area contributed by atoms with Crippen LogP contribution in [0.4, 0.5) is 0 Å². The maximum Gasteiger partial charge on any atom is 0.225 e. The molecular weight excluding hydrogens is 459 g/mol. The predicted octanol–water partition coefficient (Wildman–Crippen LogP) is 3.46. The van der Waals surface area contributed by atoms with Gasteiger partial charge in [0, 0.05) is 48.9 Å². The number of likely N-dealkylation sites (tertiary alicyclic amines) is 1. The van der Waals surface area contributed by atoms with E-state index in [4.69, 9.17) is 0 Å². The summed E-state index contributed by atoms with van der Waals surface area (Å²) in [7, 11) is 1.81. The Morgan fingerprint density at radius 2 is 2.04 bits per heavy atom. The Kier molecular flexibility index (Phi) is 9.36. The number of halogens is 1. The standard InChI is InChI=1S/C19H32N4OS.HI/c1-14(2)17(24)23-10-8-15(9-11-23)22-18(20-5)21-13-19(3,4)16-7-6-12-25-16;/h6-7,12,14-15H,8-11,13H2,1-5H3,(H2,20,21,22);1H. The summed E-state index contributed by atoms with van der Waals surface area (Å²) in [5.74, 6) is 1.19. The highest BCUT2D eigenvalue weighted by atomic mass is 127. The van der Waals surface area contributed by atoms with E-state index in [9.17, 15) is 4.79 Å². The Hall–Kier alpha value is -0.830. The minimum absolute atomic E-state index is 0. The highest BCUT2D eigenvalue weighted by Gasteiger charge is 2.26. The number of nitrogens with zero attached hydrogens (tertiary/aromatic N) is 2. The monoisotopic (exact) mass is 492 g/mol. The van der Waals surface area contributed by atoms with E-state index in [0.717, 1.165) is 38.4 Å². The van der Waals surface area contributed by atoms with Gasteiger partial charge < -0.3 is 15.5 Å². The number of amides is 1. The van der Waals surface area contributed by atoms with Gasteiger partial charge in [0.15, 0.2) is 5.96 Å². The Morgan fingerprint density at radius 3 is 2.54 bits per heavy atom. The molecule has 1 aromatic rings. The molecule has 1 aliphatic heterocycles. The molecule has 0 aliphatic carbocycles. The van der Waals surface area contributed by atoms with Crippen LogP contribution in [-0.4, -0.2) is 49.5 Å². The van der Waals surface area contributed by atoms with Crippen molar-refractivity contribution >= 4 is 47.2 Å². The first-order valence-electron chi connectivity index (χ1n) is 9.13. The maximum absolute atomic E-state index is 12.1. The molecule has 1 saturated heterocycles. The van der Waals surface area contributed by atoms with Crippen LogP contribution in [0.15, 0.2) is 22.5 Å².